The first-order valence-corrected chi connectivity index (χ1v) is 13.9. The maximum absolute atomic E-state index is 13.3. The number of para-hydroxylation sites is 1. The van der Waals surface area contributed by atoms with Gasteiger partial charge in [-0.3, -0.25) is 14.3 Å². The minimum atomic E-state index is -0.0704. The van der Waals surface area contributed by atoms with Crippen LogP contribution in [0.4, 0.5) is 4.79 Å². The summed E-state index contributed by atoms with van der Waals surface area (Å²) in [6.07, 6.45) is 10.4. The highest BCUT2D eigenvalue weighted by molar-refractivity contribution is 8.00. The minimum Gasteiger partial charge on any atom is -0.332 e. The Bertz CT molecular complexity index is 1610. The number of nitrogens with one attached hydrogen (secondary N) is 2. The van der Waals surface area contributed by atoms with Crippen LogP contribution in [0.1, 0.15) is 41.6 Å². The molecule has 7 nitrogen and oxygen atoms in total. The summed E-state index contributed by atoms with van der Waals surface area (Å²) in [5.41, 5.74) is 3.01. The Morgan fingerprint density at radius 1 is 1.13 bits per heavy atom. The van der Waals surface area contributed by atoms with E-state index in [-0.39, 0.29) is 24.0 Å². The van der Waals surface area contributed by atoms with Gasteiger partial charge >= 0.3 is 6.03 Å². The third-order valence-electron chi connectivity index (χ3n) is 7.47. The second kappa shape index (κ2) is 10.3. The molecule has 4 heterocycles. The van der Waals surface area contributed by atoms with Gasteiger partial charge in [-0.25, -0.2) is 4.79 Å². The molecule has 2 amide bonds. The second-order valence-electron chi connectivity index (χ2n) is 9.81. The maximum atomic E-state index is 13.3. The van der Waals surface area contributed by atoms with E-state index in [1.54, 1.807) is 10.8 Å². The van der Waals surface area contributed by atoms with Crippen molar-refractivity contribution in [2.75, 3.05) is 5.75 Å². The van der Waals surface area contributed by atoms with Crippen molar-refractivity contribution in [1.82, 2.24) is 20.2 Å². The number of amides is 2. The van der Waals surface area contributed by atoms with E-state index in [0.717, 1.165) is 57.8 Å². The molecule has 2 aliphatic rings. The van der Waals surface area contributed by atoms with Gasteiger partial charge in [0, 0.05) is 52.4 Å². The highest BCUT2D eigenvalue weighted by atomic mass is 32.2. The third-order valence-corrected chi connectivity index (χ3v) is 8.98. The van der Waals surface area contributed by atoms with Crippen molar-refractivity contribution < 1.29 is 9.59 Å². The van der Waals surface area contributed by atoms with Crippen LogP contribution in [0, 0.1) is 11.3 Å². The van der Waals surface area contributed by atoms with Crippen LogP contribution in [0.25, 0.3) is 33.3 Å². The topological polar surface area (TPSA) is 99.8 Å². The average molecular weight is 522 g/mol. The van der Waals surface area contributed by atoms with Crippen molar-refractivity contribution >= 4 is 57.0 Å². The number of fused-ring (bicyclic) bond motifs is 3. The van der Waals surface area contributed by atoms with Crippen molar-refractivity contribution in [3.63, 3.8) is 0 Å². The molecule has 3 atom stereocenters. The predicted octanol–water partition coefficient (Wildman–Crippen LogP) is 5.62. The van der Waals surface area contributed by atoms with Gasteiger partial charge in [-0.2, -0.15) is 17.0 Å². The van der Waals surface area contributed by atoms with Crippen LogP contribution in [-0.2, 0) is 0 Å². The van der Waals surface area contributed by atoms with Gasteiger partial charge in [0.2, 0.25) is 5.91 Å². The van der Waals surface area contributed by atoms with E-state index in [0.29, 0.717) is 17.2 Å². The predicted molar refractivity (Wildman–Crippen MR) is 152 cm³/mol. The zero-order valence-corrected chi connectivity index (χ0v) is 21.6. The number of aromatic nitrogens is 2. The van der Waals surface area contributed by atoms with Crippen LogP contribution < -0.4 is 10.6 Å². The Balaban J connectivity index is 1.21. The zero-order valence-electron chi connectivity index (χ0n) is 20.8. The van der Waals surface area contributed by atoms with E-state index in [1.165, 1.54) is 0 Å². The molecule has 2 aliphatic heterocycles. The monoisotopic (exact) mass is 521 g/mol. The second-order valence-corrected chi connectivity index (χ2v) is 11.1. The summed E-state index contributed by atoms with van der Waals surface area (Å²) in [7, 11) is 0. The van der Waals surface area contributed by atoms with Gasteiger partial charge in [0.1, 0.15) is 0 Å². The number of nitrogens with zero attached hydrogens (tertiary/aromatic N) is 3. The van der Waals surface area contributed by atoms with Gasteiger partial charge in [0.25, 0.3) is 0 Å². The Kier molecular flexibility index (Phi) is 6.61. The van der Waals surface area contributed by atoms with Crippen molar-refractivity contribution in [3.05, 3.63) is 78.2 Å². The van der Waals surface area contributed by atoms with Crippen LogP contribution in [0.2, 0.25) is 0 Å². The number of carbonyl (C=O) groups excluding carboxylic acids is 2. The van der Waals surface area contributed by atoms with Crippen LogP contribution in [-0.4, -0.2) is 44.6 Å². The SMILES string of the molecule is N#CC(=Cc1cccc2cnccc12)c1cn(C(=O)CCCC[C@@H]2SC[C@@H]3NC(=O)N[C@@H]32)c2ccccc12. The van der Waals surface area contributed by atoms with Gasteiger partial charge in [-0.05, 0) is 42.0 Å². The first-order chi connectivity index (χ1) is 18.6. The first-order valence-electron chi connectivity index (χ1n) is 12.9. The van der Waals surface area contributed by atoms with Gasteiger partial charge in [-0.1, -0.05) is 42.8 Å². The van der Waals surface area contributed by atoms with E-state index in [2.05, 4.69) is 21.7 Å². The molecule has 0 unspecified atom stereocenters. The average Bonchev–Trinajstić information content (AvgIpc) is 3.62. The van der Waals surface area contributed by atoms with Crippen molar-refractivity contribution in [3.8, 4) is 6.07 Å². The van der Waals surface area contributed by atoms with Crippen molar-refractivity contribution in [2.24, 2.45) is 0 Å². The molecule has 2 aromatic heterocycles. The van der Waals surface area contributed by atoms with E-state index in [4.69, 9.17) is 0 Å². The van der Waals surface area contributed by atoms with Crippen LogP contribution in [0.3, 0.4) is 0 Å². The van der Waals surface area contributed by atoms with E-state index < -0.39 is 0 Å². The summed E-state index contributed by atoms with van der Waals surface area (Å²) >= 11 is 1.90. The number of hydrogen-bond donors (Lipinski definition) is 2. The van der Waals surface area contributed by atoms with Gasteiger partial charge in [0.15, 0.2) is 0 Å². The Hall–Kier alpha value is -4.09. The normalized spacial score (nSPS) is 20.8. The van der Waals surface area contributed by atoms with Crippen LogP contribution >= 0.6 is 11.8 Å². The summed E-state index contributed by atoms with van der Waals surface area (Å²) < 4.78 is 1.70. The molecule has 0 bridgehead atoms. The lowest BCUT2D eigenvalue weighted by molar-refractivity contribution is 0.0904. The molecule has 0 aliphatic carbocycles. The minimum absolute atomic E-state index is 0.0220. The number of pyridine rings is 1. The maximum Gasteiger partial charge on any atom is 0.315 e. The summed E-state index contributed by atoms with van der Waals surface area (Å²) in [4.78, 5) is 29.1. The summed E-state index contributed by atoms with van der Waals surface area (Å²) in [6.45, 7) is 0. The number of allylic oxidation sites excluding steroid dienone is 1. The highest BCUT2D eigenvalue weighted by Crippen LogP contribution is 2.34. The number of thioether (sulfide) groups is 1. The largest absolute Gasteiger partial charge is 0.332 e. The lowest BCUT2D eigenvalue weighted by Crippen LogP contribution is -2.36. The molecule has 2 saturated heterocycles. The Morgan fingerprint density at radius 3 is 2.92 bits per heavy atom. The summed E-state index contributed by atoms with van der Waals surface area (Å²) in [5.74, 6) is 0.962. The molecular formula is C30H27N5O2S. The van der Waals surface area contributed by atoms with Crippen LogP contribution in [0.15, 0.2) is 67.1 Å². The molecule has 6 rings (SSSR count). The fraction of sp³-hybridized carbons (Fsp3) is 0.267. The fourth-order valence-electron chi connectivity index (χ4n) is 5.59. The molecule has 0 spiro atoms. The number of hydrogen-bond acceptors (Lipinski definition) is 5. The smallest absolute Gasteiger partial charge is 0.315 e. The molecule has 190 valence electrons. The standard InChI is InChI=1S/C30H27N5O2S/c31-15-21(14-19-6-5-7-20-16-32-13-12-22(19)20)24-17-35(26-9-2-1-8-23(24)26)28(36)11-4-3-10-27-29-25(18-38-27)33-30(37)34-29/h1-2,5-9,12-14,16-17,25,27,29H,3-4,10-11,18H2,(H2,33,34,37)/t25-,27-,29-/m0/s1. The summed E-state index contributed by atoms with van der Waals surface area (Å²) in [5, 5.41) is 19.4. The fourth-order valence-corrected chi connectivity index (χ4v) is 7.13. The van der Waals surface area contributed by atoms with Gasteiger partial charge in [-0.15, -0.1) is 0 Å². The first kappa shape index (κ1) is 24.3. The molecular weight excluding hydrogens is 494 g/mol. The van der Waals surface area contributed by atoms with Gasteiger partial charge in [0.05, 0.1) is 29.2 Å². The molecule has 2 fully saturated rings. The van der Waals surface area contributed by atoms with E-state index in [1.807, 2.05) is 78.8 Å². The molecule has 2 aromatic carbocycles. The number of unbranched alkanes of at least 4 members (excludes halogenated alkanes) is 1. The molecule has 2 N–H and O–H groups in total. The number of urea groups is 1. The molecule has 0 saturated carbocycles. The quantitative estimate of drug-likeness (QED) is 0.187. The van der Waals surface area contributed by atoms with Crippen molar-refractivity contribution in [2.45, 2.75) is 43.0 Å². The lowest BCUT2D eigenvalue weighted by Gasteiger charge is -2.16. The van der Waals surface area contributed by atoms with Crippen LogP contribution in [0.5, 0.6) is 0 Å². The molecule has 8 heteroatoms. The number of carbonyl (C=O) groups is 2. The number of rotatable bonds is 7. The zero-order chi connectivity index (χ0) is 26.1. The summed E-state index contributed by atoms with van der Waals surface area (Å²) in [6, 6.07) is 18.3. The Morgan fingerprint density at radius 2 is 2.03 bits per heavy atom. The third kappa shape index (κ3) is 4.54. The number of nitriles is 1. The van der Waals surface area contributed by atoms with Gasteiger partial charge < -0.3 is 10.6 Å². The molecule has 4 aromatic rings. The molecule has 0 radical (unpaired) electrons. The Labute approximate surface area is 224 Å². The number of benzene rings is 2. The van der Waals surface area contributed by atoms with E-state index >= 15 is 0 Å². The molecule has 38 heavy (non-hydrogen) atoms. The van der Waals surface area contributed by atoms with Crippen molar-refractivity contribution in [1.29, 1.82) is 5.26 Å². The highest BCUT2D eigenvalue weighted by Gasteiger charge is 2.42. The van der Waals surface area contributed by atoms with E-state index in [9.17, 15) is 14.9 Å². The lowest BCUT2D eigenvalue weighted by atomic mass is 10.00.